The number of methoxy groups -OCH3 is 1. The van der Waals surface area contributed by atoms with Gasteiger partial charge in [0.05, 0.1) is 22.8 Å². The Labute approximate surface area is 174 Å². The number of carbonyl (C=O) groups excluding carboxylic acids is 1. The van der Waals surface area contributed by atoms with E-state index in [0.717, 1.165) is 17.8 Å². The van der Waals surface area contributed by atoms with E-state index in [1.807, 2.05) is 0 Å². The number of rotatable bonds is 9. The minimum Gasteiger partial charge on any atom is -0.497 e. The van der Waals surface area contributed by atoms with Crippen LogP contribution in [0.3, 0.4) is 0 Å². The van der Waals surface area contributed by atoms with Gasteiger partial charge in [-0.3, -0.25) is 14.9 Å². The highest BCUT2D eigenvalue weighted by molar-refractivity contribution is 7.99. The maximum Gasteiger partial charge on any atom is 0.277 e. The molecule has 0 amide bonds. The van der Waals surface area contributed by atoms with E-state index in [4.69, 9.17) is 25.5 Å². The fourth-order valence-electron chi connectivity index (χ4n) is 2.22. The average molecular weight is 436 g/mol. The van der Waals surface area contributed by atoms with E-state index in [2.05, 4.69) is 10.2 Å². The van der Waals surface area contributed by atoms with Crippen molar-refractivity contribution in [2.75, 3.05) is 12.9 Å². The number of carbonyl (C=O) groups is 1. The normalized spacial score (nSPS) is 10.6. The quantitative estimate of drug-likeness (QED) is 0.211. The van der Waals surface area contributed by atoms with E-state index in [-0.39, 0.29) is 39.7 Å². The molecule has 0 aliphatic heterocycles. The molecule has 0 fully saturated rings. The number of hydrogen-bond donors (Lipinski definition) is 0. The number of thioether (sulfide) groups is 1. The topological polar surface area (TPSA) is 118 Å². The Morgan fingerprint density at radius 1 is 1.21 bits per heavy atom. The second-order valence-corrected chi connectivity index (χ2v) is 6.89. The molecule has 9 nitrogen and oxygen atoms in total. The largest absolute Gasteiger partial charge is 0.497 e. The van der Waals surface area contributed by atoms with Gasteiger partial charge in [0.2, 0.25) is 0 Å². The Morgan fingerprint density at radius 2 is 1.93 bits per heavy atom. The minimum atomic E-state index is -0.590. The van der Waals surface area contributed by atoms with Crippen molar-refractivity contribution in [3.05, 3.63) is 69.1 Å². The van der Waals surface area contributed by atoms with Crippen LogP contribution in [0.4, 0.5) is 5.69 Å². The van der Waals surface area contributed by atoms with Gasteiger partial charge in [0.25, 0.3) is 16.8 Å². The van der Waals surface area contributed by atoms with Crippen LogP contribution >= 0.6 is 23.4 Å². The van der Waals surface area contributed by atoms with Crippen LogP contribution in [0.25, 0.3) is 0 Å². The van der Waals surface area contributed by atoms with Gasteiger partial charge in [-0.25, -0.2) is 0 Å². The van der Waals surface area contributed by atoms with Gasteiger partial charge < -0.3 is 13.9 Å². The number of nitro benzene ring substituents is 1. The summed E-state index contributed by atoms with van der Waals surface area (Å²) in [7, 11) is 1.57. The van der Waals surface area contributed by atoms with Crippen LogP contribution in [0.5, 0.6) is 11.5 Å². The average Bonchev–Trinajstić information content (AvgIpc) is 3.19. The second-order valence-electron chi connectivity index (χ2n) is 5.56. The first-order valence-corrected chi connectivity index (χ1v) is 9.52. The van der Waals surface area contributed by atoms with E-state index >= 15 is 0 Å². The van der Waals surface area contributed by atoms with E-state index < -0.39 is 10.7 Å². The highest BCUT2D eigenvalue weighted by atomic mass is 35.5. The third-order valence-corrected chi connectivity index (χ3v) is 4.81. The zero-order valence-electron chi connectivity index (χ0n) is 15.0. The molecule has 0 N–H and O–H groups in total. The molecule has 0 saturated carbocycles. The van der Waals surface area contributed by atoms with Crippen molar-refractivity contribution in [1.29, 1.82) is 0 Å². The Bertz CT molecular complexity index is 1020. The monoisotopic (exact) mass is 435 g/mol. The SMILES string of the molecule is COc1ccc(OCc2nnc(SCC(=O)c3cc([N+](=O)[O-])ccc3Cl)o2)cc1. The van der Waals surface area contributed by atoms with Crippen LogP contribution < -0.4 is 9.47 Å². The summed E-state index contributed by atoms with van der Waals surface area (Å²) in [5.41, 5.74) is -0.144. The Hall–Kier alpha value is -3.11. The summed E-state index contributed by atoms with van der Waals surface area (Å²) >= 11 is 6.97. The highest BCUT2D eigenvalue weighted by Gasteiger charge is 2.17. The predicted octanol–water partition coefficient (Wildman–Crippen LogP) is 4.19. The van der Waals surface area contributed by atoms with Gasteiger partial charge in [-0.1, -0.05) is 23.4 Å². The zero-order chi connectivity index (χ0) is 20.8. The molecular formula is C18H14ClN3O6S. The van der Waals surface area contributed by atoms with Crippen LogP contribution in [0, 0.1) is 10.1 Å². The zero-order valence-corrected chi connectivity index (χ0v) is 16.6. The van der Waals surface area contributed by atoms with Crippen LogP contribution in [-0.4, -0.2) is 33.8 Å². The summed E-state index contributed by atoms with van der Waals surface area (Å²) in [6, 6.07) is 10.7. The molecule has 0 saturated heterocycles. The smallest absolute Gasteiger partial charge is 0.277 e. The molecule has 0 radical (unpaired) electrons. The van der Waals surface area contributed by atoms with Crippen molar-refractivity contribution in [1.82, 2.24) is 10.2 Å². The lowest BCUT2D eigenvalue weighted by atomic mass is 10.1. The molecule has 0 bridgehead atoms. The molecule has 3 aromatic rings. The molecule has 1 aromatic heterocycles. The molecule has 29 heavy (non-hydrogen) atoms. The maximum atomic E-state index is 12.3. The Kier molecular flexibility index (Phi) is 6.68. The number of benzene rings is 2. The number of ketones is 1. The summed E-state index contributed by atoms with van der Waals surface area (Å²) in [5.74, 6) is 1.10. The molecule has 0 spiro atoms. The van der Waals surface area contributed by atoms with Gasteiger partial charge in [0.15, 0.2) is 12.4 Å². The van der Waals surface area contributed by atoms with Gasteiger partial charge in [-0.05, 0) is 30.3 Å². The van der Waals surface area contributed by atoms with Crippen molar-refractivity contribution in [2.24, 2.45) is 0 Å². The number of nitro groups is 1. The number of nitrogens with zero attached hydrogens (tertiary/aromatic N) is 3. The summed E-state index contributed by atoms with van der Waals surface area (Å²) in [5, 5.41) is 18.9. The van der Waals surface area contributed by atoms with Crippen molar-refractivity contribution in [3.63, 3.8) is 0 Å². The second kappa shape index (κ2) is 9.39. The lowest BCUT2D eigenvalue weighted by Gasteiger charge is -2.04. The summed E-state index contributed by atoms with van der Waals surface area (Å²) < 4.78 is 16.0. The molecule has 0 unspecified atom stereocenters. The van der Waals surface area contributed by atoms with E-state index in [1.165, 1.54) is 12.1 Å². The van der Waals surface area contributed by atoms with E-state index in [0.29, 0.717) is 11.5 Å². The first-order valence-electron chi connectivity index (χ1n) is 8.15. The van der Waals surface area contributed by atoms with Crippen molar-refractivity contribution in [3.8, 4) is 11.5 Å². The molecular weight excluding hydrogens is 422 g/mol. The molecule has 3 rings (SSSR count). The fraction of sp³-hybridized carbons (Fsp3) is 0.167. The summed E-state index contributed by atoms with van der Waals surface area (Å²) in [4.78, 5) is 22.6. The van der Waals surface area contributed by atoms with Crippen molar-refractivity contribution in [2.45, 2.75) is 11.8 Å². The van der Waals surface area contributed by atoms with Crippen LogP contribution in [-0.2, 0) is 6.61 Å². The number of hydrogen-bond acceptors (Lipinski definition) is 9. The number of aromatic nitrogens is 2. The number of halogens is 1. The minimum absolute atomic E-state index is 0.0601. The van der Waals surface area contributed by atoms with Crippen molar-refractivity contribution >= 4 is 34.8 Å². The van der Waals surface area contributed by atoms with E-state index in [9.17, 15) is 14.9 Å². The lowest BCUT2D eigenvalue weighted by molar-refractivity contribution is -0.384. The molecule has 2 aromatic carbocycles. The Balaban J connectivity index is 1.55. The highest BCUT2D eigenvalue weighted by Crippen LogP contribution is 2.25. The number of Topliss-reactive ketones (excluding diaryl/α,β-unsaturated/α-hetero) is 1. The molecule has 0 aliphatic carbocycles. The predicted molar refractivity (Wildman–Crippen MR) is 105 cm³/mol. The molecule has 0 aliphatic rings. The summed E-state index contributed by atoms with van der Waals surface area (Å²) in [6.07, 6.45) is 0. The van der Waals surface area contributed by atoms with Gasteiger partial charge in [0.1, 0.15) is 11.5 Å². The molecule has 150 valence electrons. The molecule has 11 heteroatoms. The fourth-order valence-corrected chi connectivity index (χ4v) is 3.10. The molecule has 0 atom stereocenters. The van der Waals surface area contributed by atoms with E-state index in [1.54, 1.807) is 31.4 Å². The van der Waals surface area contributed by atoms with Crippen molar-refractivity contribution < 1.29 is 23.6 Å². The van der Waals surface area contributed by atoms with Crippen LogP contribution in [0.15, 0.2) is 52.1 Å². The number of ether oxygens (including phenoxy) is 2. The Morgan fingerprint density at radius 3 is 2.62 bits per heavy atom. The maximum absolute atomic E-state index is 12.3. The first-order chi connectivity index (χ1) is 14.0. The van der Waals surface area contributed by atoms with Crippen LogP contribution in [0.1, 0.15) is 16.2 Å². The third-order valence-electron chi connectivity index (χ3n) is 3.66. The van der Waals surface area contributed by atoms with Crippen LogP contribution in [0.2, 0.25) is 5.02 Å². The lowest BCUT2D eigenvalue weighted by Crippen LogP contribution is -2.04. The summed E-state index contributed by atoms with van der Waals surface area (Å²) in [6.45, 7) is 0.0601. The van der Waals surface area contributed by atoms with Gasteiger partial charge in [0, 0.05) is 17.7 Å². The van der Waals surface area contributed by atoms with Gasteiger partial charge >= 0.3 is 0 Å². The third kappa shape index (κ3) is 5.46. The molecule has 1 heterocycles. The first kappa shape index (κ1) is 20.6. The van der Waals surface area contributed by atoms with Gasteiger partial charge in [-0.15, -0.1) is 10.2 Å². The number of non-ortho nitro benzene ring substituents is 1. The standard InChI is InChI=1S/C18H14ClN3O6S/c1-26-12-3-5-13(6-4-12)27-9-17-20-21-18(28-17)29-10-16(23)14-8-11(22(24)25)2-7-15(14)19/h2-8H,9-10H2,1H3. The van der Waals surface area contributed by atoms with Gasteiger partial charge in [-0.2, -0.15) is 0 Å².